The van der Waals surface area contributed by atoms with Crippen LogP contribution in [0.2, 0.25) is 0 Å². The minimum atomic E-state index is -1.06. The van der Waals surface area contributed by atoms with Crippen molar-refractivity contribution in [2.45, 2.75) is 59.2 Å². The van der Waals surface area contributed by atoms with E-state index in [2.05, 4.69) is 0 Å². The summed E-state index contributed by atoms with van der Waals surface area (Å²) in [4.78, 5) is 39.2. The Morgan fingerprint density at radius 1 is 1.19 bits per heavy atom. The average molecular weight is 376 g/mol. The Hall–Kier alpha value is -1.69. The summed E-state index contributed by atoms with van der Waals surface area (Å²) in [5.74, 6) is -1.40. The van der Waals surface area contributed by atoms with Crippen LogP contribution in [0.3, 0.4) is 0 Å². The van der Waals surface area contributed by atoms with E-state index < -0.39 is 29.0 Å². The molecule has 1 heterocycles. The van der Waals surface area contributed by atoms with E-state index in [0.717, 1.165) is 5.57 Å². The largest absolute Gasteiger partial charge is 0.493 e. The van der Waals surface area contributed by atoms with Gasteiger partial charge in [-0.15, -0.1) is 0 Å². The fourth-order valence-corrected chi connectivity index (χ4v) is 7.02. The van der Waals surface area contributed by atoms with Crippen LogP contribution in [0.15, 0.2) is 11.3 Å². The van der Waals surface area contributed by atoms with Crippen molar-refractivity contribution >= 4 is 17.5 Å². The van der Waals surface area contributed by atoms with E-state index in [4.69, 9.17) is 9.47 Å². The SMILES string of the molecule is COC1=C(C)C2CC(=O)OC3CC4C(C)CC(O)C(=O)[C@]4(C)C(C1=O)[C@@]32C. The first kappa shape index (κ1) is 18.7. The van der Waals surface area contributed by atoms with E-state index in [1.807, 2.05) is 27.7 Å². The molecular formula is C21H28O6. The second-order valence-corrected chi connectivity index (χ2v) is 9.33. The molecule has 8 atom stereocenters. The van der Waals surface area contributed by atoms with Gasteiger partial charge in [-0.25, -0.2) is 0 Å². The number of allylic oxidation sites excluding steroid dienone is 2. The molecule has 6 nitrogen and oxygen atoms in total. The van der Waals surface area contributed by atoms with Crippen LogP contribution in [0.25, 0.3) is 0 Å². The number of methoxy groups -OCH3 is 1. The molecule has 6 unspecified atom stereocenters. The summed E-state index contributed by atoms with van der Waals surface area (Å²) in [5, 5.41) is 10.4. The predicted molar refractivity (Wildman–Crippen MR) is 95.3 cm³/mol. The first-order valence-corrected chi connectivity index (χ1v) is 9.79. The molecule has 2 saturated carbocycles. The highest BCUT2D eigenvalue weighted by molar-refractivity contribution is 6.04. The van der Waals surface area contributed by atoms with Gasteiger partial charge in [-0.2, -0.15) is 0 Å². The van der Waals surface area contributed by atoms with Crippen LogP contribution in [0, 0.1) is 34.5 Å². The lowest BCUT2D eigenvalue weighted by Crippen LogP contribution is -2.70. The monoisotopic (exact) mass is 376 g/mol. The summed E-state index contributed by atoms with van der Waals surface area (Å²) in [6.07, 6.45) is -0.352. The number of ketones is 2. The van der Waals surface area contributed by atoms with E-state index in [1.54, 1.807) is 0 Å². The van der Waals surface area contributed by atoms with Crippen LogP contribution in [0.4, 0.5) is 0 Å². The number of hydrogen-bond donors (Lipinski definition) is 1. The molecule has 0 aromatic carbocycles. The number of aliphatic hydroxyl groups is 1. The van der Waals surface area contributed by atoms with Gasteiger partial charge in [0.15, 0.2) is 11.5 Å². The number of aliphatic hydroxyl groups excluding tert-OH is 1. The third-order valence-corrected chi connectivity index (χ3v) is 8.24. The fraction of sp³-hybridized carbons (Fsp3) is 0.762. The van der Waals surface area contributed by atoms with E-state index in [9.17, 15) is 19.5 Å². The zero-order chi connectivity index (χ0) is 19.9. The molecule has 4 rings (SSSR count). The van der Waals surface area contributed by atoms with E-state index in [1.165, 1.54) is 7.11 Å². The number of hydrogen-bond acceptors (Lipinski definition) is 6. The van der Waals surface area contributed by atoms with Crippen LogP contribution in [-0.2, 0) is 23.9 Å². The molecule has 0 aromatic heterocycles. The second kappa shape index (κ2) is 5.66. The quantitative estimate of drug-likeness (QED) is 0.705. The Kier molecular flexibility index (Phi) is 3.91. The van der Waals surface area contributed by atoms with Gasteiger partial charge in [-0.05, 0) is 37.2 Å². The number of carbonyl (C=O) groups is 3. The lowest BCUT2D eigenvalue weighted by atomic mass is 9.39. The molecule has 6 heteroatoms. The second-order valence-electron chi connectivity index (χ2n) is 9.33. The van der Waals surface area contributed by atoms with Crippen molar-refractivity contribution < 1.29 is 29.0 Å². The van der Waals surface area contributed by atoms with E-state index >= 15 is 0 Å². The predicted octanol–water partition coefficient (Wildman–Crippen LogP) is 2.04. The van der Waals surface area contributed by atoms with Gasteiger partial charge in [0, 0.05) is 22.7 Å². The van der Waals surface area contributed by atoms with Gasteiger partial charge in [0.1, 0.15) is 12.2 Å². The highest BCUT2D eigenvalue weighted by Gasteiger charge is 2.72. The molecule has 0 aromatic rings. The maximum atomic E-state index is 13.6. The normalized spacial score (nSPS) is 49.3. The zero-order valence-electron chi connectivity index (χ0n) is 16.6. The third kappa shape index (κ3) is 2.08. The smallest absolute Gasteiger partial charge is 0.306 e. The minimum Gasteiger partial charge on any atom is -0.493 e. The molecule has 1 saturated heterocycles. The average Bonchev–Trinajstić information content (AvgIpc) is 2.58. The van der Waals surface area contributed by atoms with Gasteiger partial charge >= 0.3 is 5.97 Å². The minimum absolute atomic E-state index is 0.0529. The highest BCUT2D eigenvalue weighted by atomic mass is 16.5. The van der Waals surface area contributed by atoms with Crippen molar-refractivity contribution in [2.24, 2.45) is 34.5 Å². The maximum Gasteiger partial charge on any atom is 0.306 e. The summed E-state index contributed by atoms with van der Waals surface area (Å²) in [6.45, 7) is 7.67. The first-order chi connectivity index (χ1) is 12.6. The maximum absolute atomic E-state index is 13.6. The zero-order valence-corrected chi connectivity index (χ0v) is 16.6. The molecular weight excluding hydrogens is 348 g/mol. The summed E-state index contributed by atoms with van der Waals surface area (Å²) in [6, 6.07) is 0. The molecule has 0 radical (unpaired) electrons. The molecule has 3 fully saturated rings. The standard InChI is InChI=1S/C21H28O6/c1-9-6-13(22)19(25)21(4)11(9)7-14-20(3)12(8-15(23)27-14)10(2)17(26-5)16(24)18(20)21/h9,11-14,18,22H,6-8H2,1-5H3/t9?,11?,12?,13?,14?,18?,20-,21+/m1/s1. The Morgan fingerprint density at radius 3 is 2.48 bits per heavy atom. The van der Waals surface area contributed by atoms with Gasteiger partial charge in [-0.3, -0.25) is 14.4 Å². The third-order valence-electron chi connectivity index (χ3n) is 8.24. The number of Topliss-reactive ketones (excluding diaryl/α,β-unsaturated/α-hetero) is 2. The molecule has 0 spiro atoms. The van der Waals surface area contributed by atoms with E-state index in [-0.39, 0.29) is 47.5 Å². The summed E-state index contributed by atoms with van der Waals surface area (Å²) < 4.78 is 11.2. The van der Waals surface area contributed by atoms with Crippen molar-refractivity contribution in [3.63, 3.8) is 0 Å². The van der Waals surface area contributed by atoms with Crippen LogP contribution < -0.4 is 0 Å². The van der Waals surface area contributed by atoms with Crippen LogP contribution in [0.1, 0.15) is 47.0 Å². The van der Waals surface area contributed by atoms with Crippen LogP contribution >= 0.6 is 0 Å². The molecule has 1 N–H and O–H groups in total. The van der Waals surface area contributed by atoms with Gasteiger partial charge in [-0.1, -0.05) is 20.8 Å². The fourth-order valence-electron chi connectivity index (χ4n) is 7.02. The lowest BCUT2D eigenvalue weighted by molar-refractivity contribution is -0.224. The number of esters is 1. The van der Waals surface area contributed by atoms with E-state index in [0.29, 0.717) is 12.8 Å². The van der Waals surface area contributed by atoms with Crippen molar-refractivity contribution in [3.8, 4) is 0 Å². The molecule has 3 aliphatic carbocycles. The number of ether oxygens (including phenoxy) is 2. The first-order valence-electron chi connectivity index (χ1n) is 9.79. The Morgan fingerprint density at radius 2 is 1.85 bits per heavy atom. The topological polar surface area (TPSA) is 89.9 Å². The molecule has 1 aliphatic heterocycles. The number of carbonyl (C=O) groups excluding carboxylic acids is 3. The number of rotatable bonds is 1. The Labute approximate surface area is 159 Å². The summed E-state index contributed by atoms with van der Waals surface area (Å²) in [5.41, 5.74) is -0.900. The Balaban J connectivity index is 1.97. The van der Waals surface area contributed by atoms with Crippen molar-refractivity contribution in [3.05, 3.63) is 11.3 Å². The van der Waals surface area contributed by atoms with Crippen LogP contribution in [0.5, 0.6) is 0 Å². The molecule has 27 heavy (non-hydrogen) atoms. The van der Waals surface area contributed by atoms with Gasteiger partial charge < -0.3 is 14.6 Å². The van der Waals surface area contributed by atoms with Gasteiger partial charge in [0.25, 0.3) is 0 Å². The molecule has 148 valence electrons. The molecule has 4 aliphatic rings. The Bertz CT molecular complexity index is 769. The van der Waals surface area contributed by atoms with Crippen molar-refractivity contribution in [1.82, 2.24) is 0 Å². The molecule has 0 amide bonds. The van der Waals surface area contributed by atoms with Gasteiger partial charge in [0.05, 0.1) is 13.5 Å². The summed E-state index contributed by atoms with van der Waals surface area (Å²) >= 11 is 0. The summed E-state index contributed by atoms with van der Waals surface area (Å²) in [7, 11) is 1.46. The number of fused-ring (bicyclic) bond motifs is 2. The molecule has 0 bridgehead atoms. The van der Waals surface area contributed by atoms with Crippen molar-refractivity contribution in [2.75, 3.05) is 7.11 Å². The van der Waals surface area contributed by atoms with Crippen LogP contribution in [-0.4, -0.2) is 42.0 Å². The highest BCUT2D eigenvalue weighted by Crippen LogP contribution is 2.67. The van der Waals surface area contributed by atoms with Crippen molar-refractivity contribution in [1.29, 1.82) is 0 Å². The van der Waals surface area contributed by atoms with Gasteiger partial charge in [0.2, 0.25) is 5.78 Å². The lowest BCUT2D eigenvalue weighted by Gasteiger charge is -2.65.